The number of anilines is 1. The molecule has 0 spiro atoms. The first kappa shape index (κ1) is 11.9. The van der Waals surface area contributed by atoms with Crippen molar-refractivity contribution in [3.8, 4) is 0 Å². The molecule has 2 aromatic rings. The van der Waals surface area contributed by atoms with Crippen molar-refractivity contribution in [1.82, 2.24) is 4.98 Å². The van der Waals surface area contributed by atoms with Crippen LogP contribution in [-0.2, 0) is 6.42 Å². The summed E-state index contributed by atoms with van der Waals surface area (Å²) >= 11 is 0. The summed E-state index contributed by atoms with van der Waals surface area (Å²) in [5, 5.41) is 0.497. The Hall–Kier alpha value is -1.90. The molecule has 2 aliphatic carbocycles. The number of nitrogens with two attached hydrogens (primary N) is 1. The molecule has 1 aromatic carbocycles. The van der Waals surface area contributed by atoms with Crippen molar-refractivity contribution in [3.05, 3.63) is 46.9 Å². The van der Waals surface area contributed by atoms with Crippen molar-refractivity contribution in [2.45, 2.75) is 32.1 Å². The summed E-state index contributed by atoms with van der Waals surface area (Å²) in [6.07, 6.45) is 5.44. The SMILES string of the molecule is CC1=C[C@H]2Cc3nc4cccc(F)c4c(N)c3[C@@H](C1)C2. The highest BCUT2D eigenvalue weighted by Crippen LogP contribution is 2.46. The number of halogens is 1. The van der Waals surface area contributed by atoms with Crippen LogP contribution >= 0.6 is 0 Å². The Labute approximate surface area is 117 Å². The van der Waals surface area contributed by atoms with Crippen LogP contribution in [0.4, 0.5) is 10.1 Å². The molecule has 0 radical (unpaired) electrons. The summed E-state index contributed by atoms with van der Waals surface area (Å²) in [7, 11) is 0. The van der Waals surface area contributed by atoms with Gasteiger partial charge in [0, 0.05) is 16.9 Å². The van der Waals surface area contributed by atoms with E-state index >= 15 is 0 Å². The first-order chi connectivity index (χ1) is 9.63. The topological polar surface area (TPSA) is 38.9 Å². The van der Waals surface area contributed by atoms with Crippen molar-refractivity contribution in [1.29, 1.82) is 0 Å². The van der Waals surface area contributed by atoms with Gasteiger partial charge in [0.25, 0.3) is 0 Å². The number of allylic oxidation sites excluding steroid dienone is 2. The minimum atomic E-state index is -0.263. The van der Waals surface area contributed by atoms with Crippen LogP contribution in [0.3, 0.4) is 0 Å². The Morgan fingerprint density at radius 1 is 1.30 bits per heavy atom. The van der Waals surface area contributed by atoms with E-state index in [1.54, 1.807) is 6.07 Å². The molecule has 2 atom stereocenters. The molecule has 0 fully saturated rings. The molecule has 0 amide bonds. The van der Waals surface area contributed by atoms with E-state index in [4.69, 9.17) is 10.7 Å². The lowest BCUT2D eigenvalue weighted by Gasteiger charge is -2.35. The maximum absolute atomic E-state index is 14.1. The fourth-order valence-corrected chi connectivity index (χ4v) is 3.97. The molecule has 0 unspecified atom stereocenters. The molecule has 2 N–H and O–H groups in total. The Kier molecular flexibility index (Phi) is 2.40. The van der Waals surface area contributed by atoms with E-state index in [9.17, 15) is 4.39 Å². The predicted octanol–water partition coefficient (Wildman–Crippen LogP) is 3.95. The second-order valence-corrected chi connectivity index (χ2v) is 6.13. The van der Waals surface area contributed by atoms with Crippen LogP contribution in [0.25, 0.3) is 10.9 Å². The van der Waals surface area contributed by atoms with E-state index in [0.29, 0.717) is 28.4 Å². The average molecular weight is 268 g/mol. The van der Waals surface area contributed by atoms with Crippen LogP contribution in [0.2, 0.25) is 0 Å². The summed E-state index contributed by atoms with van der Waals surface area (Å²) in [5.41, 5.74) is 11.2. The highest BCUT2D eigenvalue weighted by Gasteiger charge is 2.33. The van der Waals surface area contributed by atoms with E-state index in [-0.39, 0.29) is 5.82 Å². The van der Waals surface area contributed by atoms with Crippen molar-refractivity contribution in [2.24, 2.45) is 5.92 Å². The molecule has 20 heavy (non-hydrogen) atoms. The van der Waals surface area contributed by atoms with E-state index in [2.05, 4.69) is 13.0 Å². The Morgan fingerprint density at radius 2 is 2.15 bits per heavy atom. The Bertz CT molecular complexity index is 748. The number of pyridine rings is 1. The van der Waals surface area contributed by atoms with Gasteiger partial charge in [-0.1, -0.05) is 17.7 Å². The maximum Gasteiger partial charge on any atom is 0.134 e. The normalized spacial score (nSPS) is 24.4. The van der Waals surface area contributed by atoms with Crippen LogP contribution in [0.5, 0.6) is 0 Å². The van der Waals surface area contributed by atoms with E-state index < -0.39 is 0 Å². The summed E-state index contributed by atoms with van der Waals surface area (Å²) < 4.78 is 14.1. The molecule has 4 rings (SSSR count). The minimum absolute atomic E-state index is 0.263. The summed E-state index contributed by atoms with van der Waals surface area (Å²) in [6, 6.07) is 5.01. The molecule has 3 heteroatoms. The molecule has 102 valence electrons. The highest BCUT2D eigenvalue weighted by molar-refractivity contribution is 5.93. The number of hydrogen-bond donors (Lipinski definition) is 1. The van der Waals surface area contributed by atoms with Gasteiger partial charge in [-0.3, -0.25) is 4.98 Å². The molecular weight excluding hydrogens is 251 g/mol. The van der Waals surface area contributed by atoms with Gasteiger partial charge in [0.15, 0.2) is 0 Å². The first-order valence-electron chi connectivity index (χ1n) is 7.17. The minimum Gasteiger partial charge on any atom is -0.398 e. The van der Waals surface area contributed by atoms with Crippen LogP contribution in [-0.4, -0.2) is 4.98 Å². The lowest BCUT2D eigenvalue weighted by Crippen LogP contribution is -2.24. The van der Waals surface area contributed by atoms with E-state index in [0.717, 1.165) is 30.5 Å². The first-order valence-corrected chi connectivity index (χ1v) is 7.17. The predicted molar refractivity (Wildman–Crippen MR) is 79.0 cm³/mol. The molecule has 2 bridgehead atoms. The van der Waals surface area contributed by atoms with Gasteiger partial charge in [0.2, 0.25) is 0 Å². The van der Waals surface area contributed by atoms with Gasteiger partial charge in [-0.2, -0.15) is 0 Å². The fraction of sp³-hybridized carbons (Fsp3) is 0.353. The number of hydrogen-bond acceptors (Lipinski definition) is 2. The van der Waals surface area contributed by atoms with Gasteiger partial charge in [-0.15, -0.1) is 0 Å². The molecule has 2 aliphatic rings. The zero-order chi connectivity index (χ0) is 13.9. The van der Waals surface area contributed by atoms with Crippen molar-refractivity contribution < 1.29 is 4.39 Å². The van der Waals surface area contributed by atoms with Gasteiger partial charge >= 0.3 is 0 Å². The van der Waals surface area contributed by atoms with Gasteiger partial charge in [-0.25, -0.2) is 4.39 Å². The fourth-order valence-electron chi connectivity index (χ4n) is 3.97. The highest BCUT2D eigenvalue weighted by atomic mass is 19.1. The lowest BCUT2D eigenvalue weighted by molar-refractivity contribution is 0.433. The molecule has 2 nitrogen and oxygen atoms in total. The Morgan fingerprint density at radius 3 is 3.00 bits per heavy atom. The zero-order valence-electron chi connectivity index (χ0n) is 11.5. The third-order valence-electron chi connectivity index (χ3n) is 4.66. The zero-order valence-corrected chi connectivity index (χ0v) is 11.5. The number of benzene rings is 1. The maximum atomic E-state index is 14.1. The third kappa shape index (κ3) is 1.59. The van der Waals surface area contributed by atoms with E-state index in [1.165, 1.54) is 11.6 Å². The quantitative estimate of drug-likeness (QED) is 0.735. The summed E-state index contributed by atoms with van der Waals surface area (Å²) in [6.45, 7) is 2.18. The van der Waals surface area contributed by atoms with Gasteiger partial charge < -0.3 is 5.73 Å². The van der Waals surface area contributed by atoms with Gasteiger partial charge in [-0.05, 0) is 50.2 Å². The van der Waals surface area contributed by atoms with Crippen molar-refractivity contribution in [2.75, 3.05) is 5.73 Å². The van der Waals surface area contributed by atoms with Crippen LogP contribution in [0.15, 0.2) is 29.8 Å². The largest absolute Gasteiger partial charge is 0.398 e. The lowest BCUT2D eigenvalue weighted by atomic mass is 9.71. The van der Waals surface area contributed by atoms with E-state index in [1.807, 2.05) is 6.07 Å². The molecule has 0 aliphatic heterocycles. The second kappa shape index (κ2) is 4.05. The molecule has 1 aromatic heterocycles. The second-order valence-electron chi connectivity index (χ2n) is 6.13. The van der Waals surface area contributed by atoms with Gasteiger partial charge in [0.1, 0.15) is 5.82 Å². The molecular formula is C17H17FN2. The van der Waals surface area contributed by atoms with Gasteiger partial charge in [0.05, 0.1) is 10.9 Å². The van der Waals surface area contributed by atoms with Crippen LogP contribution in [0.1, 0.15) is 36.9 Å². The Balaban J connectivity index is 2.01. The number of rotatable bonds is 0. The number of aromatic nitrogens is 1. The van der Waals surface area contributed by atoms with Crippen LogP contribution in [0, 0.1) is 11.7 Å². The molecule has 1 heterocycles. The molecule has 0 saturated heterocycles. The number of nitrogens with zero attached hydrogens (tertiary/aromatic N) is 1. The van der Waals surface area contributed by atoms with Crippen molar-refractivity contribution in [3.63, 3.8) is 0 Å². The standard InChI is InChI=1S/C17H17FN2/c1-9-5-10-7-11(6-9)15-14(8-10)20-13-4-2-3-12(18)16(13)17(15)19/h2-5,10-11H,6-8H2,1H3,(H2,19,20)/t10-,11+/m1/s1. The number of fused-ring (bicyclic) bond motifs is 5. The number of nitrogen functional groups attached to an aromatic ring is 1. The summed E-state index contributed by atoms with van der Waals surface area (Å²) in [4.78, 5) is 4.70. The monoisotopic (exact) mass is 268 g/mol. The smallest absolute Gasteiger partial charge is 0.134 e. The average Bonchev–Trinajstić information content (AvgIpc) is 2.37. The van der Waals surface area contributed by atoms with Crippen LogP contribution < -0.4 is 5.73 Å². The van der Waals surface area contributed by atoms with Crippen molar-refractivity contribution >= 4 is 16.6 Å². The molecule has 0 saturated carbocycles. The third-order valence-corrected chi connectivity index (χ3v) is 4.66. The summed E-state index contributed by atoms with van der Waals surface area (Å²) in [5.74, 6) is 0.713.